The van der Waals surface area contributed by atoms with Crippen LogP contribution in [-0.2, 0) is 11.3 Å². The fourth-order valence-corrected chi connectivity index (χ4v) is 1.93. The standard InChI is InChI=1S/C13H23N5O2/c1-9(2)17(8-12(15)19)13(20)11-7-16-18(10(11)3)6-4-5-14/h7,9H,4-6,8,14H2,1-3H3,(H2,15,19). The van der Waals surface area contributed by atoms with Gasteiger partial charge >= 0.3 is 0 Å². The van der Waals surface area contributed by atoms with Gasteiger partial charge in [-0.25, -0.2) is 0 Å². The molecule has 0 saturated heterocycles. The van der Waals surface area contributed by atoms with Crippen molar-refractivity contribution in [1.82, 2.24) is 14.7 Å². The van der Waals surface area contributed by atoms with Crippen LogP contribution < -0.4 is 11.5 Å². The highest BCUT2D eigenvalue weighted by molar-refractivity contribution is 5.97. The Kier molecular flexibility index (Phi) is 5.69. The van der Waals surface area contributed by atoms with Gasteiger partial charge in [-0.2, -0.15) is 5.10 Å². The molecule has 112 valence electrons. The summed E-state index contributed by atoms with van der Waals surface area (Å²) in [6, 6.07) is -0.109. The molecule has 7 nitrogen and oxygen atoms in total. The normalized spacial score (nSPS) is 10.8. The van der Waals surface area contributed by atoms with Crippen molar-refractivity contribution in [2.45, 2.75) is 39.8 Å². The van der Waals surface area contributed by atoms with E-state index in [2.05, 4.69) is 5.10 Å². The number of primary amides is 1. The smallest absolute Gasteiger partial charge is 0.258 e. The van der Waals surface area contributed by atoms with Crippen LogP contribution in [0.2, 0.25) is 0 Å². The maximum absolute atomic E-state index is 12.5. The van der Waals surface area contributed by atoms with Crippen molar-refractivity contribution in [3.8, 4) is 0 Å². The number of nitrogens with zero attached hydrogens (tertiary/aromatic N) is 3. The Labute approximate surface area is 118 Å². The Bertz CT molecular complexity index is 481. The Morgan fingerprint density at radius 2 is 2.10 bits per heavy atom. The molecule has 0 aliphatic rings. The zero-order chi connectivity index (χ0) is 15.3. The fourth-order valence-electron chi connectivity index (χ4n) is 1.93. The van der Waals surface area contributed by atoms with Gasteiger partial charge in [0.05, 0.1) is 18.3 Å². The van der Waals surface area contributed by atoms with Gasteiger partial charge in [0, 0.05) is 18.3 Å². The predicted molar refractivity (Wildman–Crippen MR) is 76.0 cm³/mol. The van der Waals surface area contributed by atoms with Crippen molar-refractivity contribution in [2.75, 3.05) is 13.1 Å². The molecule has 1 aromatic heterocycles. The molecule has 0 radical (unpaired) electrons. The molecule has 1 rings (SSSR count). The molecule has 0 aliphatic heterocycles. The van der Waals surface area contributed by atoms with Gasteiger partial charge in [-0.1, -0.05) is 0 Å². The van der Waals surface area contributed by atoms with Crippen LogP contribution in [0.4, 0.5) is 0 Å². The van der Waals surface area contributed by atoms with E-state index in [1.165, 1.54) is 11.1 Å². The molecule has 20 heavy (non-hydrogen) atoms. The monoisotopic (exact) mass is 281 g/mol. The lowest BCUT2D eigenvalue weighted by Crippen LogP contribution is -2.42. The van der Waals surface area contributed by atoms with Crippen LogP contribution in [0.1, 0.15) is 36.3 Å². The van der Waals surface area contributed by atoms with Crippen LogP contribution in [0.25, 0.3) is 0 Å². The van der Waals surface area contributed by atoms with Gasteiger partial charge in [0.25, 0.3) is 5.91 Å². The van der Waals surface area contributed by atoms with Gasteiger partial charge in [0.2, 0.25) is 5.91 Å². The lowest BCUT2D eigenvalue weighted by molar-refractivity contribution is -0.119. The summed E-state index contributed by atoms with van der Waals surface area (Å²) in [6.45, 7) is 6.67. The SMILES string of the molecule is Cc1c(C(=O)N(CC(N)=O)C(C)C)cnn1CCCN. The summed E-state index contributed by atoms with van der Waals surface area (Å²) in [5.41, 5.74) is 11.9. The molecular formula is C13H23N5O2. The minimum absolute atomic E-state index is 0.0933. The molecule has 0 aromatic carbocycles. The van der Waals surface area contributed by atoms with Gasteiger partial charge in [-0.15, -0.1) is 0 Å². The zero-order valence-corrected chi connectivity index (χ0v) is 12.3. The molecule has 0 aliphatic carbocycles. The second-order valence-electron chi connectivity index (χ2n) is 5.00. The molecule has 0 unspecified atom stereocenters. The number of carbonyl (C=O) groups is 2. The van der Waals surface area contributed by atoms with Gasteiger partial charge in [-0.3, -0.25) is 14.3 Å². The first-order chi connectivity index (χ1) is 9.38. The van der Waals surface area contributed by atoms with E-state index in [4.69, 9.17) is 11.5 Å². The van der Waals surface area contributed by atoms with E-state index in [1.807, 2.05) is 20.8 Å². The molecule has 1 aromatic rings. The maximum Gasteiger partial charge on any atom is 0.258 e. The van der Waals surface area contributed by atoms with E-state index in [-0.39, 0.29) is 18.5 Å². The van der Waals surface area contributed by atoms with Crippen LogP contribution in [0.3, 0.4) is 0 Å². The number of carbonyl (C=O) groups excluding carboxylic acids is 2. The summed E-state index contributed by atoms with van der Waals surface area (Å²) in [5, 5.41) is 4.19. The third kappa shape index (κ3) is 3.80. The zero-order valence-electron chi connectivity index (χ0n) is 12.3. The second-order valence-corrected chi connectivity index (χ2v) is 5.00. The highest BCUT2D eigenvalue weighted by Crippen LogP contribution is 2.13. The maximum atomic E-state index is 12.5. The van der Waals surface area contributed by atoms with Crippen LogP contribution in [-0.4, -0.2) is 45.6 Å². The fraction of sp³-hybridized carbons (Fsp3) is 0.615. The van der Waals surface area contributed by atoms with Gasteiger partial charge in [-0.05, 0) is 33.7 Å². The van der Waals surface area contributed by atoms with Crippen molar-refractivity contribution < 1.29 is 9.59 Å². The van der Waals surface area contributed by atoms with Gasteiger partial charge in [0.1, 0.15) is 0 Å². The molecule has 4 N–H and O–H groups in total. The van der Waals surface area contributed by atoms with E-state index in [0.717, 1.165) is 12.1 Å². The quantitative estimate of drug-likeness (QED) is 0.726. The number of aromatic nitrogens is 2. The lowest BCUT2D eigenvalue weighted by atomic mass is 10.2. The topological polar surface area (TPSA) is 107 Å². The first kappa shape index (κ1) is 16.2. The average molecular weight is 281 g/mol. The van der Waals surface area contributed by atoms with Gasteiger partial charge < -0.3 is 16.4 Å². The lowest BCUT2D eigenvalue weighted by Gasteiger charge is -2.25. The molecular weight excluding hydrogens is 258 g/mol. The second kappa shape index (κ2) is 7.04. The van der Waals surface area contributed by atoms with E-state index >= 15 is 0 Å². The Balaban J connectivity index is 2.94. The summed E-state index contributed by atoms with van der Waals surface area (Å²) in [4.78, 5) is 25.0. The third-order valence-electron chi connectivity index (χ3n) is 3.12. The Morgan fingerprint density at radius 3 is 2.60 bits per heavy atom. The van der Waals surface area contributed by atoms with E-state index in [1.54, 1.807) is 4.68 Å². The van der Waals surface area contributed by atoms with Crippen molar-refractivity contribution in [2.24, 2.45) is 11.5 Å². The molecule has 1 heterocycles. The average Bonchev–Trinajstić information content (AvgIpc) is 2.73. The molecule has 0 atom stereocenters. The number of hydrogen-bond acceptors (Lipinski definition) is 4. The van der Waals surface area contributed by atoms with Crippen LogP contribution in [0.15, 0.2) is 6.20 Å². The molecule has 0 spiro atoms. The van der Waals surface area contributed by atoms with Crippen molar-refractivity contribution in [1.29, 1.82) is 0 Å². The summed E-state index contributed by atoms with van der Waals surface area (Å²) in [5.74, 6) is -0.754. The molecule has 0 fully saturated rings. The summed E-state index contributed by atoms with van der Waals surface area (Å²) >= 11 is 0. The van der Waals surface area contributed by atoms with Crippen molar-refractivity contribution in [3.63, 3.8) is 0 Å². The largest absolute Gasteiger partial charge is 0.368 e. The predicted octanol–water partition coefficient (Wildman–Crippen LogP) is -0.124. The first-order valence-corrected chi connectivity index (χ1v) is 6.70. The molecule has 7 heteroatoms. The van der Waals surface area contributed by atoms with Gasteiger partial charge in [0.15, 0.2) is 0 Å². The van der Waals surface area contributed by atoms with E-state index in [0.29, 0.717) is 18.7 Å². The first-order valence-electron chi connectivity index (χ1n) is 6.70. The third-order valence-corrected chi connectivity index (χ3v) is 3.12. The Hall–Kier alpha value is -1.89. The van der Waals surface area contributed by atoms with E-state index in [9.17, 15) is 9.59 Å². The number of amides is 2. The molecule has 2 amide bonds. The highest BCUT2D eigenvalue weighted by Gasteiger charge is 2.23. The minimum atomic E-state index is -0.528. The highest BCUT2D eigenvalue weighted by atomic mass is 16.2. The van der Waals surface area contributed by atoms with E-state index < -0.39 is 5.91 Å². The minimum Gasteiger partial charge on any atom is -0.368 e. The number of hydrogen-bond donors (Lipinski definition) is 2. The Morgan fingerprint density at radius 1 is 1.45 bits per heavy atom. The number of nitrogens with two attached hydrogens (primary N) is 2. The van der Waals surface area contributed by atoms with Crippen molar-refractivity contribution in [3.05, 3.63) is 17.5 Å². The van der Waals surface area contributed by atoms with Crippen LogP contribution >= 0.6 is 0 Å². The van der Waals surface area contributed by atoms with Crippen molar-refractivity contribution >= 4 is 11.8 Å². The van der Waals surface area contributed by atoms with Crippen LogP contribution in [0.5, 0.6) is 0 Å². The molecule has 0 saturated carbocycles. The van der Waals surface area contributed by atoms with Crippen LogP contribution in [0, 0.1) is 6.92 Å². The summed E-state index contributed by atoms with van der Waals surface area (Å²) in [6.07, 6.45) is 2.33. The summed E-state index contributed by atoms with van der Waals surface area (Å²) < 4.78 is 1.75. The molecule has 0 bridgehead atoms. The summed E-state index contributed by atoms with van der Waals surface area (Å²) in [7, 11) is 0. The number of aryl methyl sites for hydroxylation is 1. The number of rotatable bonds is 7.